The van der Waals surface area contributed by atoms with Crippen molar-refractivity contribution in [3.8, 4) is 22.5 Å². The fraction of sp³-hybridized carbons (Fsp3) is 0.304. The van der Waals surface area contributed by atoms with Gasteiger partial charge in [0.25, 0.3) is 0 Å². The molecule has 0 amide bonds. The van der Waals surface area contributed by atoms with Gasteiger partial charge in [-0.25, -0.2) is 0 Å². The second-order valence-electron chi connectivity index (χ2n) is 7.18. The van der Waals surface area contributed by atoms with E-state index in [1.54, 1.807) is 0 Å². The lowest BCUT2D eigenvalue weighted by molar-refractivity contribution is -0.146. The Morgan fingerprint density at radius 3 is 2.18 bits per heavy atom. The summed E-state index contributed by atoms with van der Waals surface area (Å²) in [4.78, 5) is 12.3. The molecule has 0 radical (unpaired) electrons. The monoisotopic (exact) mass is 376 g/mol. The van der Waals surface area contributed by atoms with Crippen molar-refractivity contribution in [2.45, 2.75) is 32.1 Å². The Bertz CT molecular complexity index is 984. The van der Waals surface area contributed by atoms with Gasteiger partial charge in [-0.05, 0) is 43.4 Å². The predicted molar refractivity (Wildman–Crippen MR) is 109 cm³/mol. The molecule has 2 aromatic carbocycles. The van der Waals surface area contributed by atoms with Gasteiger partial charge in [0.2, 0.25) is 0 Å². The van der Waals surface area contributed by atoms with Gasteiger partial charge in [0.1, 0.15) is 11.4 Å². The summed E-state index contributed by atoms with van der Waals surface area (Å²) in [5.41, 5.74) is 5.56. The molecule has 0 saturated heterocycles. The maximum Gasteiger partial charge on any atom is 0.316 e. The van der Waals surface area contributed by atoms with Crippen LogP contribution in [-0.2, 0) is 14.9 Å². The first-order valence-corrected chi connectivity index (χ1v) is 9.61. The largest absolute Gasteiger partial charge is 0.465 e. The van der Waals surface area contributed by atoms with Gasteiger partial charge < -0.3 is 14.6 Å². The van der Waals surface area contributed by atoms with Crippen molar-refractivity contribution in [2.24, 2.45) is 0 Å². The Balaban J connectivity index is 1.56. The Labute approximate surface area is 164 Å². The molecule has 1 aliphatic carbocycles. The zero-order valence-corrected chi connectivity index (χ0v) is 16.4. The number of aryl methyl sites for hydroxylation is 1. The number of esters is 1. The van der Waals surface area contributed by atoms with Crippen molar-refractivity contribution in [3.05, 3.63) is 59.8 Å². The zero-order chi connectivity index (χ0) is 19.7. The number of ether oxygens (including phenoxy) is 1. The highest BCUT2D eigenvalue weighted by Gasteiger charge is 2.52. The van der Waals surface area contributed by atoms with Crippen molar-refractivity contribution in [2.75, 3.05) is 19.0 Å². The number of rotatable bonds is 6. The first-order chi connectivity index (χ1) is 13.6. The number of anilines is 1. The van der Waals surface area contributed by atoms with Crippen LogP contribution in [0.3, 0.4) is 0 Å². The minimum atomic E-state index is -0.425. The number of carbonyl (C=O) groups excluding carboxylic acids is 1. The number of nitrogens with zero attached hydrogens (tertiary/aromatic N) is 1. The standard InChI is InChI=1S/C23H24N2O3/c1-4-27-22(26)23(13-14-23)19-11-9-17(10-12-19)16-5-7-18(8-6-16)21-20(24-3)15(2)25-28-21/h5-12,24H,4,13-14H2,1-3H3. The summed E-state index contributed by atoms with van der Waals surface area (Å²) >= 11 is 0. The van der Waals surface area contributed by atoms with Crippen molar-refractivity contribution in [1.82, 2.24) is 5.16 Å². The van der Waals surface area contributed by atoms with E-state index in [9.17, 15) is 4.79 Å². The molecule has 5 nitrogen and oxygen atoms in total. The SMILES string of the molecule is CCOC(=O)C1(c2ccc(-c3ccc(-c4onc(C)c4NC)cc3)cc2)CC1. The fourth-order valence-electron chi connectivity index (χ4n) is 3.66. The van der Waals surface area contributed by atoms with Gasteiger partial charge in [-0.15, -0.1) is 0 Å². The number of hydrogen-bond acceptors (Lipinski definition) is 5. The van der Waals surface area contributed by atoms with E-state index in [2.05, 4.69) is 34.7 Å². The lowest BCUT2D eigenvalue weighted by Gasteiger charge is -2.14. The van der Waals surface area contributed by atoms with Crippen LogP contribution in [0, 0.1) is 6.92 Å². The number of nitrogens with one attached hydrogen (secondary N) is 1. The molecule has 4 rings (SSSR count). The Morgan fingerprint density at radius 2 is 1.64 bits per heavy atom. The van der Waals surface area contributed by atoms with Crippen LogP contribution in [0.1, 0.15) is 31.0 Å². The van der Waals surface area contributed by atoms with Crippen LogP contribution >= 0.6 is 0 Å². The minimum absolute atomic E-state index is 0.102. The number of hydrogen-bond donors (Lipinski definition) is 1. The quantitative estimate of drug-likeness (QED) is 0.617. The molecule has 1 heterocycles. The normalized spacial score (nSPS) is 14.5. The minimum Gasteiger partial charge on any atom is -0.465 e. The molecule has 3 aromatic rings. The van der Waals surface area contributed by atoms with E-state index in [0.29, 0.717) is 6.61 Å². The summed E-state index contributed by atoms with van der Waals surface area (Å²) < 4.78 is 10.7. The first kappa shape index (κ1) is 18.3. The average molecular weight is 376 g/mol. The van der Waals surface area contributed by atoms with E-state index in [4.69, 9.17) is 9.26 Å². The van der Waals surface area contributed by atoms with Crippen LogP contribution < -0.4 is 5.32 Å². The summed E-state index contributed by atoms with van der Waals surface area (Å²) in [7, 11) is 1.86. The molecule has 1 N–H and O–H groups in total. The fourth-order valence-corrected chi connectivity index (χ4v) is 3.66. The summed E-state index contributed by atoms with van der Waals surface area (Å²) in [6.07, 6.45) is 1.73. The van der Waals surface area contributed by atoms with Crippen molar-refractivity contribution in [3.63, 3.8) is 0 Å². The maximum absolute atomic E-state index is 12.3. The lowest BCUT2D eigenvalue weighted by atomic mass is 9.93. The molecule has 0 bridgehead atoms. The molecule has 5 heteroatoms. The molecule has 0 aliphatic heterocycles. The molecule has 1 aliphatic rings. The Hall–Kier alpha value is -3.08. The maximum atomic E-state index is 12.3. The summed E-state index contributed by atoms with van der Waals surface area (Å²) in [6, 6.07) is 16.4. The topological polar surface area (TPSA) is 64.4 Å². The molecule has 0 unspecified atom stereocenters. The molecule has 144 valence electrons. The van der Waals surface area contributed by atoms with Crippen LogP contribution in [0.25, 0.3) is 22.5 Å². The highest BCUT2D eigenvalue weighted by Crippen LogP contribution is 2.49. The van der Waals surface area contributed by atoms with E-state index in [0.717, 1.165) is 52.2 Å². The lowest BCUT2D eigenvalue weighted by Crippen LogP contribution is -2.23. The van der Waals surface area contributed by atoms with Gasteiger partial charge >= 0.3 is 5.97 Å². The molecule has 1 fully saturated rings. The molecular weight excluding hydrogens is 352 g/mol. The molecular formula is C23H24N2O3. The highest BCUT2D eigenvalue weighted by molar-refractivity contribution is 5.87. The number of aromatic nitrogens is 1. The van der Waals surface area contributed by atoms with Crippen LogP contribution in [-0.4, -0.2) is 24.8 Å². The molecule has 1 aromatic heterocycles. The third kappa shape index (κ3) is 3.07. The second kappa shape index (κ2) is 7.15. The molecule has 0 atom stereocenters. The van der Waals surface area contributed by atoms with E-state index >= 15 is 0 Å². The van der Waals surface area contributed by atoms with Crippen LogP contribution in [0.2, 0.25) is 0 Å². The van der Waals surface area contributed by atoms with E-state index in [-0.39, 0.29) is 5.97 Å². The van der Waals surface area contributed by atoms with Gasteiger partial charge in [-0.3, -0.25) is 4.79 Å². The van der Waals surface area contributed by atoms with Crippen LogP contribution in [0.4, 0.5) is 5.69 Å². The smallest absolute Gasteiger partial charge is 0.316 e. The van der Waals surface area contributed by atoms with E-state index in [1.165, 1.54) is 0 Å². The van der Waals surface area contributed by atoms with E-state index < -0.39 is 5.41 Å². The van der Waals surface area contributed by atoms with Gasteiger partial charge in [-0.1, -0.05) is 53.7 Å². The summed E-state index contributed by atoms with van der Waals surface area (Å²) in [6.45, 7) is 4.18. The molecule has 28 heavy (non-hydrogen) atoms. The number of carbonyl (C=O) groups is 1. The van der Waals surface area contributed by atoms with Gasteiger partial charge in [-0.2, -0.15) is 0 Å². The van der Waals surface area contributed by atoms with Gasteiger partial charge in [0.05, 0.1) is 12.0 Å². The molecule has 1 saturated carbocycles. The second-order valence-corrected chi connectivity index (χ2v) is 7.18. The number of benzene rings is 2. The average Bonchev–Trinajstić information content (AvgIpc) is 3.46. The Morgan fingerprint density at radius 1 is 1.07 bits per heavy atom. The van der Waals surface area contributed by atoms with Crippen molar-refractivity contribution >= 4 is 11.7 Å². The highest BCUT2D eigenvalue weighted by atomic mass is 16.5. The summed E-state index contributed by atoms with van der Waals surface area (Å²) in [5, 5.41) is 7.17. The first-order valence-electron chi connectivity index (χ1n) is 9.61. The Kier molecular flexibility index (Phi) is 4.67. The van der Waals surface area contributed by atoms with E-state index in [1.807, 2.05) is 45.2 Å². The zero-order valence-electron chi connectivity index (χ0n) is 16.4. The third-order valence-electron chi connectivity index (χ3n) is 5.45. The third-order valence-corrected chi connectivity index (χ3v) is 5.45. The van der Waals surface area contributed by atoms with Gasteiger partial charge in [0, 0.05) is 12.6 Å². The molecule has 0 spiro atoms. The van der Waals surface area contributed by atoms with Crippen LogP contribution in [0.15, 0.2) is 53.1 Å². The van der Waals surface area contributed by atoms with Crippen LogP contribution in [0.5, 0.6) is 0 Å². The predicted octanol–water partition coefficient (Wildman–Crippen LogP) is 4.95. The van der Waals surface area contributed by atoms with Crippen molar-refractivity contribution < 1.29 is 14.1 Å². The van der Waals surface area contributed by atoms with Crippen molar-refractivity contribution in [1.29, 1.82) is 0 Å². The van der Waals surface area contributed by atoms with Gasteiger partial charge in [0.15, 0.2) is 5.76 Å². The summed E-state index contributed by atoms with van der Waals surface area (Å²) in [5.74, 6) is 0.641.